The summed E-state index contributed by atoms with van der Waals surface area (Å²) in [4.78, 5) is 12.4. The maximum absolute atomic E-state index is 11.8. The highest BCUT2D eigenvalue weighted by Gasteiger charge is 2.32. The number of aliphatic hydroxyl groups is 1. The highest BCUT2D eigenvalue weighted by molar-refractivity contribution is 8.04. The number of thioether (sulfide) groups is 1. The van der Waals surface area contributed by atoms with E-state index >= 15 is 0 Å². The van der Waals surface area contributed by atoms with Crippen molar-refractivity contribution in [3.8, 4) is 0 Å². The van der Waals surface area contributed by atoms with Crippen LogP contribution in [0.5, 0.6) is 0 Å². The van der Waals surface area contributed by atoms with E-state index in [1.165, 1.54) is 17.3 Å². The molecule has 0 amide bonds. The van der Waals surface area contributed by atoms with Gasteiger partial charge in [0.1, 0.15) is 5.76 Å². The average Bonchev–Trinajstić information content (AvgIpc) is 2.07. The second-order valence-electron chi connectivity index (χ2n) is 5.31. The number of hydrogen-bond acceptors (Lipinski definition) is 3. The summed E-state index contributed by atoms with van der Waals surface area (Å²) in [5.74, 6) is 1.11. The molecule has 16 heavy (non-hydrogen) atoms. The summed E-state index contributed by atoms with van der Waals surface area (Å²) in [6.45, 7) is 8.08. The molecular formula is C13H20O2S. The Morgan fingerprint density at radius 1 is 1.44 bits per heavy atom. The van der Waals surface area contributed by atoms with Gasteiger partial charge in [0.2, 0.25) is 0 Å². The van der Waals surface area contributed by atoms with Gasteiger partial charge in [-0.2, -0.15) is 0 Å². The van der Waals surface area contributed by atoms with Crippen LogP contribution in [0.4, 0.5) is 0 Å². The zero-order chi connectivity index (χ0) is 12.3. The predicted molar refractivity (Wildman–Crippen MR) is 69.6 cm³/mol. The van der Waals surface area contributed by atoms with E-state index in [2.05, 4.69) is 6.08 Å². The van der Waals surface area contributed by atoms with Crippen LogP contribution in [0, 0.1) is 5.41 Å². The standard InChI is InChI=1S/C13H20O2S/c1-9(2)5-6-16-12-10(14)7-13(3,4)8-11(12)15/h5,14H,6-8H2,1-4H3. The molecule has 0 spiro atoms. The molecule has 0 heterocycles. The SMILES string of the molecule is CC(C)=CCSC1=C(O)CC(C)(C)CC1=O. The number of hydrogen-bond donors (Lipinski definition) is 1. The average molecular weight is 240 g/mol. The van der Waals surface area contributed by atoms with Crippen molar-refractivity contribution in [2.75, 3.05) is 5.75 Å². The summed E-state index contributed by atoms with van der Waals surface area (Å²) >= 11 is 1.45. The summed E-state index contributed by atoms with van der Waals surface area (Å²) in [5, 5.41) is 9.86. The monoisotopic (exact) mass is 240 g/mol. The summed E-state index contributed by atoms with van der Waals surface area (Å²) in [6, 6.07) is 0. The fourth-order valence-corrected chi connectivity index (χ4v) is 2.78. The van der Waals surface area contributed by atoms with E-state index in [4.69, 9.17) is 0 Å². The van der Waals surface area contributed by atoms with Gasteiger partial charge in [0.25, 0.3) is 0 Å². The van der Waals surface area contributed by atoms with E-state index in [-0.39, 0.29) is 17.0 Å². The summed E-state index contributed by atoms with van der Waals surface area (Å²) in [6.07, 6.45) is 3.21. The van der Waals surface area contributed by atoms with E-state index in [1.807, 2.05) is 27.7 Å². The maximum Gasteiger partial charge on any atom is 0.173 e. The molecule has 0 saturated heterocycles. The van der Waals surface area contributed by atoms with Crippen molar-refractivity contribution in [2.24, 2.45) is 5.41 Å². The predicted octanol–water partition coefficient (Wildman–Crippen LogP) is 3.84. The van der Waals surface area contributed by atoms with Crippen LogP contribution in [-0.4, -0.2) is 16.6 Å². The van der Waals surface area contributed by atoms with Crippen molar-refractivity contribution in [2.45, 2.75) is 40.5 Å². The molecule has 0 aliphatic heterocycles. The molecule has 0 atom stereocenters. The Bertz CT molecular complexity index is 347. The highest BCUT2D eigenvalue weighted by Crippen LogP contribution is 2.39. The minimum absolute atomic E-state index is 0.0842. The van der Waals surface area contributed by atoms with E-state index in [1.54, 1.807) is 0 Å². The molecule has 0 aromatic rings. The first-order valence-corrected chi connectivity index (χ1v) is 6.52. The first kappa shape index (κ1) is 13.4. The molecule has 2 nitrogen and oxygen atoms in total. The molecule has 1 aliphatic rings. The normalized spacial score (nSPS) is 19.9. The van der Waals surface area contributed by atoms with E-state index in [9.17, 15) is 9.90 Å². The van der Waals surface area contributed by atoms with Crippen LogP contribution in [0.15, 0.2) is 22.3 Å². The number of carbonyl (C=O) groups is 1. The molecular weight excluding hydrogens is 220 g/mol. The highest BCUT2D eigenvalue weighted by atomic mass is 32.2. The van der Waals surface area contributed by atoms with Crippen molar-refractivity contribution in [3.63, 3.8) is 0 Å². The zero-order valence-corrected chi connectivity index (χ0v) is 11.3. The largest absolute Gasteiger partial charge is 0.511 e. The minimum Gasteiger partial charge on any atom is -0.511 e. The molecule has 0 bridgehead atoms. The molecule has 1 N–H and O–H groups in total. The second-order valence-corrected chi connectivity index (χ2v) is 6.34. The molecule has 0 fully saturated rings. The lowest BCUT2D eigenvalue weighted by Gasteiger charge is -2.29. The Morgan fingerprint density at radius 2 is 2.06 bits per heavy atom. The Hall–Kier alpha value is -0.700. The number of rotatable bonds is 3. The molecule has 0 unspecified atom stereocenters. The van der Waals surface area contributed by atoms with Gasteiger partial charge in [-0.1, -0.05) is 25.5 Å². The van der Waals surface area contributed by atoms with Crippen molar-refractivity contribution >= 4 is 17.5 Å². The van der Waals surface area contributed by atoms with Gasteiger partial charge in [0.05, 0.1) is 4.91 Å². The Labute approximate surface area is 102 Å². The summed E-state index contributed by atoms with van der Waals surface area (Å²) in [7, 11) is 0. The number of Topliss-reactive ketones (excluding diaryl/α,β-unsaturated/α-hetero) is 1. The third kappa shape index (κ3) is 3.71. The lowest BCUT2D eigenvalue weighted by atomic mass is 9.79. The fraction of sp³-hybridized carbons (Fsp3) is 0.615. The van der Waals surface area contributed by atoms with Crippen LogP contribution in [-0.2, 0) is 4.79 Å². The van der Waals surface area contributed by atoms with Gasteiger partial charge in [-0.25, -0.2) is 0 Å². The van der Waals surface area contributed by atoms with Crippen molar-refractivity contribution < 1.29 is 9.90 Å². The van der Waals surface area contributed by atoms with Crippen LogP contribution in [0.25, 0.3) is 0 Å². The van der Waals surface area contributed by atoms with Gasteiger partial charge in [-0.15, -0.1) is 11.8 Å². The summed E-state index contributed by atoms with van der Waals surface area (Å²) < 4.78 is 0. The quantitative estimate of drug-likeness (QED) is 0.761. The maximum atomic E-state index is 11.8. The number of allylic oxidation sites excluding steroid dienone is 3. The van der Waals surface area contributed by atoms with Crippen molar-refractivity contribution in [3.05, 3.63) is 22.3 Å². The first-order valence-electron chi connectivity index (χ1n) is 5.53. The third-order valence-corrected chi connectivity index (χ3v) is 3.61. The lowest BCUT2D eigenvalue weighted by Crippen LogP contribution is -2.24. The van der Waals surface area contributed by atoms with Crippen molar-refractivity contribution in [1.82, 2.24) is 0 Å². The molecule has 90 valence electrons. The molecule has 0 radical (unpaired) electrons. The number of aliphatic hydroxyl groups excluding tert-OH is 1. The van der Waals surface area contributed by atoms with Gasteiger partial charge in [-0.3, -0.25) is 4.79 Å². The number of carbonyl (C=O) groups excluding carboxylic acids is 1. The van der Waals surface area contributed by atoms with Crippen LogP contribution < -0.4 is 0 Å². The Kier molecular flexibility index (Phi) is 4.25. The summed E-state index contributed by atoms with van der Waals surface area (Å²) in [5.41, 5.74) is 1.14. The molecule has 3 heteroatoms. The number of ketones is 1. The van der Waals surface area contributed by atoms with Gasteiger partial charge in [0, 0.05) is 18.6 Å². The van der Waals surface area contributed by atoms with Crippen LogP contribution in [0.2, 0.25) is 0 Å². The first-order chi connectivity index (χ1) is 7.32. The van der Waals surface area contributed by atoms with Crippen LogP contribution >= 0.6 is 11.8 Å². The van der Waals surface area contributed by atoms with Gasteiger partial charge in [-0.05, 0) is 19.3 Å². The van der Waals surface area contributed by atoms with Gasteiger partial charge in [0.15, 0.2) is 5.78 Å². The van der Waals surface area contributed by atoms with E-state index in [0.717, 1.165) is 5.75 Å². The van der Waals surface area contributed by atoms with E-state index in [0.29, 0.717) is 17.7 Å². The molecule has 1 rings (SSSR count). The molecule has 0 saturated carbocycles. The van der Waals surface area contributed by atoms with Gasteiger partial charge >= 0.3 is 0 Å². The molecule has 0 aromatic carbocycles. The molecule has 0 aromatic heterocycles. The Morgan fingerprint density at radius 3 is 2.56 bits per heavy atom. The fourth-order valence-electron chi connectivity index (χ4n) is 1.73. The minimum atomic E-state index is -0.0955. The lowest BCUT2D eigenvalue weighted by molar-refractivity contribution is -0.117. The third-order valence-electron chi connectivity index (χ3n) is 2.52. The van der Waals surface area contributed by atoms with Crippen LogP contribution in [0.1, 0.15) is 40.5 Å². The zero-order valence-electron chi connectivity index (χ0n) is 10.5. The van der Waals surface area contributed by atoms with Crippen LogP contribution in [0.3, 0.4) is 0 Å². The van der Waals surface area contributed by atoms with Crippen molar-refractivity contribution in [1.29, 1.82) is 0 Å². The smallest absolute Gasteiger partial charge is 0.173 e. The topological polar surface area (TPSA) is 37.3 Å². The second kappa shape index (κ2) is 5.09. The molecule has 1 aliphatic carbocycles. The van der Waals surface area contributed by atoms with Gasteiger partial charge < -0.3 is 5.11 Å². The van der Waals surface area contributed by atoms with E-state index < -0.39 is 0 Å². The Balaban J connectivity index is 2.72.